The molecular weight excluding hydrogens is 306 g/mol. The van der Waals surface area contributed by atoms with Gasteiger partial charge in [-0.05, 0) is 36.4 Å². The van der Waals surface area contributed by atoms with Gasteiger partial charge in [-0.2, -0.15) is 0 Å². The number of Topliss-reactive ketones (excluding diaryl/α,β-unsaturated/α-hetero) is 1. The van der Waals surface area contributed by atoms with Crippen LogP contribution in [0.25, 0.3) is 0 Å². The minimum absolute atomic E-state index is 0.0299. The van der Waals surface area contributed by atoms with Crippen LogP contribution in [-0.2, 0) is 10.4 Å². The topological polar surface area (TPSA) is 86.6 Å². The second-order valence-corrected chi connectivity index (χ2v) is 5.53. The third-order valence-corrected chi connectivity index (χ3v) is 3.97. The van der Waals surface area contributed by atoms with E-state index in [1.165, 1.54) is 24.3 Å². The van der Waals surface area contributed by atoms with Gasteiger partial charge in [-0.15, -0.1) is 0 Å². The normalized spacial score (nSPS) is 19.6. The number of carbonyl (C=O) groups excluding carboxylic acids is 2. The maximum absolute atomic E-state index is 12.3. The van der Waals surface area contributed by atoms with E-state index in [1.54, 1.807) is 18.2 Å². The molecule has 5 nitrogen and oxygen atoms in total. The number of phenols is 1. The van der Waals surface area contributed by atoms with Gasteiger partial charge in [0.1, 0.15) is 5.75 Å². The largest absolute Gasteiger partial charge is 0.508 e. The van der Waals surface area contributed by atoms with Crippen LogP contribution in [0.15, 0.2) is 42.5 Å². The Hall–Kier alpha value is -2.37. The van der Waals surface area contributed by atoms with Crippen molar-refractivity contribution in [1.82, 2.24) is 0 Å². The number of anilines is 1. The van der Waals surface area contributed by atoms with Crippen LogP contribution >= 0.6 is 11.6 Å². The molecule has 2 aromatic carbocycles. The van der Waals surface area contributed by atoms with E-state index in [4.69, 9.17) is 11.6 Å². The highest BCUT2D eigenvalue weighted by Crippen LogP contribution is 2.43. The number of nitrogens with one attached hydrogen (secondary N) is 1. The summed E-state index contributed by atoms with van der Waals surface area (Å²) in [6.07, 6.45) is -0.430. The van der Waals surface area contributed by atoms with Crippen molar-refractivity contribution in [3.8, 4) is 5.75 Å². The number of aromatic hydroxyl groups is 1. The minimum Gasteiger partial charge on any atom is -0.508 e. The molecule has 0 aromatic heterocycles. The molecule has 1 heterocycles. The van der Waals surface area contributed by atoms with Crippen molar-refractivity contribution in [3.05, 3.63) is 58.6 Å². The Balaban J connectivity index is 1.96. The number of ketones is 1. The standard InChI is InChI=1S/C16H12ClNO4/c17-11-2-1-3-12-14(11)16(22,15(21)18-12)8-13(20)9-4-6-10(19)7-5-9/h1-7,19,22H,8H2,(H,18,21). The molecule has 3 N–H and O–H groups in total. The predicted molar refractivity (Wildman–Crippen MR) is 81.0 cm³/mol. The van der Waals surface area contributed by atoms with E-state index in [1.807, 2.05) is 0 Å². The van der Waals surface area contributed by atoms with Crippen LogP contribution in [0.5, 0.6) is 5.75 Å². The van der Waals surface area contributed by atoms with Crippen LogP contribution in [-0.4, -0.2) is 21.9 Å². The average molecular weight is 318 g/mol. The van der Waals surface area contributed by atoms with E-state index >= 15 is 0 Å². The zero-order chi connectivity index (χ0) is 15.9. The number of phenolic OH excluding ortho intramolecular Hbond substituents is 1. The summed E-state index contributed by atoms with van der Waals surface area (Å²) in [4.78, 5) is 24.4. The number of amides is 1. The van der Waals surface area contributed by atoms with Crippen LogP contribution in [0, 0.1) is 0 Å². The second kappa shape index (κ2) is 5.12. The lowest BCUT2D eigenvalue weighted by Gasteiger charge is -2.21. The summed E-state index contributed by atoms with van der Waals surface area (Å²) in [5.74, 6) is -1.07. The summed E-state index contributed by atoms with van der Waals surface area (Å²) in [6.45, 7) is 0. The molecule has 6 heteroatoms. The Labute approximate surface area is 131 Å². The van der Waals surface area contributed by atoms with E-state index < -0.39 is 23.7 Å². The number of benzene rings is 2. The van der Waals surface area contributed by atoms with Gasteiger partial charge >= 0.3 is 0 Å². The molecule has 1 unspecified atom stereocenters. The summed E-state index contributed by atoms with van der Waals surface area (Å²) in [6, 6.07) is 10.4. The fourth-order valence-electron chi connectivity index (χ4n) is 2.54. The lowest BCUT2D eigenvalue weighted by atomic mass is 9.88. The zero-order valence-corrected chi connectivity index (χ0v) is 12.1. The molecule has 1 amide bonds. The average Bonchev–Trinajstić information content (AvgIpc) is 2.72. The Bertz CT molecular complexity index is 772. The molecule has 1 atom stereocenters. The third kappa shape index (κ3) is 2.24. The van der Waals surface area contributed by atoms with Crippen LogP contribution in [0.1, 0.15) is 22.3 Å². The van der Waals surface area contributed by atoms with E-state index in [0.717, 1.165) is 0 Å². The lowest BCUT2D eigenvalue weighted by molar-refractivity contribution is -0.133. The first-order valence-electron chi connectivity index (χ1n) is 6.57. The van der Waals surface area contributed by atoms with E-state index in [-0.39, 0.29) is 16.3 Å². The van der Waals surface area contributed by atoms with Crippen LogP contribution in [0.3, 0.4) is 0 Å². The second-order valence-electron chi connectivity index (χ2n) is 5.12. The highest BCUT2D eigenvalue weighted by molar-refractivity contribution is 6.33. The van der Waals surface area contributed by atoms with E-state index in [0.29, 0.717) is 11.3 Å². The number of rotatable bonds is 3. The van der Waals surface area contributed by atoms with Crippen molar-refractivity contribution in [2.24, 2.45) is 0 Å². The van der Waals surface area contributed by atoms with Crippen LogP contribution < -0.4 is 5.32 Å². The molecule has 0 fully saturated rings. The van der Waals surface area contributed by atoms with Crippen molar-refractivity contribution in [1.29, 1.82) is 0 Å². The monoisotopic (exact) mass is 317 g/mol. The highest BCUT2D eigenvalue weighted by atomic mass is 35.5. The summed E-state index contributed by atoms with van der Waals surface area (Å²) in [5, 5.41) is 22.7. The van der Waals surface area contributed by atoms with Gasteiger partial charge in [0, 0.05) is 21.8 Å². The van der Waals surface area contributed by atoms with Gasteiger partial charge in [0.25, 0.3) is 5.91 Å². The Morgan fingerprint density at radius 1 is 1.18 bits per heavy atom. The van der Waals surface area contributed by atoms with Gasteiger partial charge in [-0.25, -0.2) is 0 Å². The van der Waals surface area contributed by atoms with Crippen LogP contribution in [0.4, 0.5) is 5.69 Å². The molecule has 0 spiro atoms. The number of fused-ring (bicyclic) bond motifs is 1. The molecular formula is C16H12ClNO4. The molecule has 0 radical (unpaired) electrons. The van der Waals surface area contributed by atoms with Crippen molar-refractivity contribution in [2.45, 2.75) is 12.0 Å². The summed E-state index contributed by atoms with van der Waals surface area (Å²) >= 11 is 6.07. The number of aliphatic hydroxyl groups is 1. The van der Waals surface area contributed by atoms with Gasteiger partial charge in [-0.1, -0.05) is 17.7 Å². The van der Waals surface area contributed by atoms with Gasteiger partial charge in [-0.3, -0.25) is 9.59 Å². The molecule has 112 valence electrons. The molecule has 0 aliphatic carbocycles. The first-order chi connectivity index (χ1) is 10.4. The fourth-order valence-corrected chi connectivity index (χ4v) is 2.87. The lowest BCUT2D eigenvalue weighted by Crippen LogP contribution is -2.36. The number of hydrogen-bond acceptors (Lipinski definition) is 4. The van der Waals surface area contributed by atoms with Gasteiger partial charge in [0.05, 0.1) is 6.42 Å². The minimum atomic E-state index is -2.00. The first-order valence-corrected chi connectivity index (χ1v) is 6.94. The quantitative estimate of drug-likeness (QED) is 0.759. The van der Waals surface area contributed by atoms with Crippen LogP contribution in [0.2, 0.25) is 5.02 Å². The van der Waals surface area contributed by atoms with Crippen molar-refractivity contribution >= 4 is 29.0 Å². The molecule has 0 bridgehead atoms. The zero-order valence-electron chi connectivity index (χ0n) is 11.3. The van der Waals surface area contributed by atoms with E-state index in [2.05, 4.69) is 5.32 Å². The fraction of sp³-hybridized carbons (Fsp3) is 0.125. The maximum Gasteiger partial charge on any atom is 0.261 e. The van der Waals surface area contributed by atoms with Gasteiger partial charge in [0.15, 0.2) is 11.4 Å². The van der Waals surface area contributed by atoms with E-state index in [9.17, 15) is 19.8 Å². The van der Waals surface area contributed by atoms with Gasteiger partial charge in [0.2, 0.25) is 0 Å². The van der Waals surface area contributed by atoms with Crippen molar-refractivity contribution < 1.29 is 19.8 Å². The molecule has 1 aliphatic rings. The maximum atomic E-state index is 12.3. The Morgan fingerprint density at radius 2 is 1.86 bits per heavy atom. The number of halogens is 1. The first kappa shape index (κ1) is 14.6. The Kier molecular flexibility index (Phi) is 3.39. The number of hydrogen-bond donors (Lipinski definition) is 3. The van der Waals surface area contributed by atoms with Crippen molar-refractivity contribution in [3.63, 3.8) is 0 Å². The van der Waals surface area contributed by atoms with Crippen molar-refractivity contribution in [2.75, 3.05) is 5.32 Å². The SMILES string of the molecule is O=C(CC1(O)C(=O)Nc2cccc(Cl)c21)c1ccc(O)cc1. The van der Waals surface area contributed by atoms with Gasteiger partial charge < -0.3 is 15.5 Å². The molecule has 2 aromatic rings. The molecule has 3 rings (SSSR count). The highest BCUT2D eigenvalue weighted by Gasteiger charge is 2.48. The molecule has 1 aliphatic heterocycles. The smallest absolute Gasteiger partial charge is 0.261 e. The predicted octanol–water partition coefficient (Wildman–Crippen LogP) is 2.46. The molecule has 0 saturated carbocycles. The summed E-state index contributed by atoms with van der Waals surface area (Å²) < 4.78 is 0. The molecule has 22 heavy (non-hydrogen) atoms. The third-order valence-electron chi connectivity index (χ3n) is 3.66. The Morgan fingerprint density at radius 3 is 2.55 bits per heavy atom. The number of carbonyl (C=O) groups is 2. The molecule has 0 saturated heterocycles. The summed E-state index contributed by atoms with van der Waals surface area (Å²) in [5.41, 5.74) is -1.09. The summed E-state index contributed by atoms with van der Waals surface area (Å²) in [7, 11) is 0.